The van der Waals surface area contributed by atoms with Crippen molar-refractivity contribution in [1.82, 2.24) is 5.01 Å². The van der Waals surface area contributed by atoms with E-state index in [0.717, 1.165) is 23.1 Å². The highest BCUT2D eigenvalue weighted by Crippen LogP contribution is 2.32. The van der Waals surface area contributed by atoms with Gasteiger partial charge in [0.1, 0.15) is 5.60 Å². The molecule has 0 unspecified atom stereocenters. The Labute approximate surface area is 132 Å². The van der Waals surface area contributed by atoms with E-state index in [1.54, 1.807) is 5.01 Å². The molecule has 110 valence electrons. The van der Waals surface area contributed by atoms with E-state index in [1.807, 2.05) is 44.0 Å². The number of hydrazine groups is 1. The third kappa shape index (κ3) is 3.58. The minimum atomic E-state index is -0.497. The van der Waals surface area contributed by atoms with Gasteiger partial charge >= 0.3 is 6.09 Å². The Hall–Kier alpha value is -0.940. The van der Waals surface area contributed by atoms with Gasteiger partial charge in [-0.15, -0.1) is 0 Å². The van der Waals surface area contributed by atoms with Crippen molar-refractivity contribution >= 4 is 39.3 Å². The molecule has 0 spiro atoms. The average molecular weight is 362 g/mol. The topological polar surface area (TPSA) is 32.8 Å². The number of hydrogen-bond acceptors (Lipinski definition) is 3. The number of rotatable bonds is 1. The summed E-state index contributed by atoms with van der Waals surface area (Å²) in [6, 6.07) is 5.53. The number of carbonyl (C=O) groups excluding carboxylic acids is 1. The molecule has 1 amide bonds. The van der Waals surface area contributed by atoms with Gasteiger partial charge in [0.15, 0.2) is 0 Å². The van der Waals surface area contributed by atoms with Crippen molar-refractivity contribution < 1.29 is 9.53 Å². The molecule has 0 atom stereocenters. The van der Waals surface area contributed by atoms with Crippen LogP contribution >= 0.6 is 27.5 Å². The standard InChI is InChI=1S/C14H18BrClN2O2/c1-14(2,3)20-13(19)18-8-4-7-17(18)12-6-5-10(16)9-11(12)15/h5-6,9H,4,7-8H2,1-3H3. The molecule has 0 radical (unpaired) electrons. The van der Waals surface area contributed by atoms with Gasteiger partial charge in [-0.25, -0.2) is 9.80 Å². The first-order valence-corrected chi connectivity index (χ1v) is 7.68. The molecule has 0 aliphatic carbocycles. The molecular formula is C14H18BrClN2O2. The minimum absolute atomic E-state index is 0.322. The third-order valence-electron chi connectivity index (χ3n) is 2.82. The minimum Gasteiger partial charge on any atom is -0.442 e. The summed E-state index contributed by atoms with van der Waals surface area (Å²) in [4.78, 5) is 12.2. The molecule has 0 aromatic heterocycles. The second-order valence-electron chi connectivity index (χ2n) is 5.68. The summed E-state index contributed by atoms with van der Waals surface area (Å²) in [6.45, 7) is 7.03. The number of amides is 1. The van der Waals surface area contributed by atoms with Gasteiger partial charge in [0.2, 0.25) is 0 Å². The van der Waals surface area contributed by atoms with Crippen LogP contribution in [0.3, 0.4) is 0 Å². The van der Waals surface area contributed by atoms with Crippen molar-refractivity contribution in [2.24, 2.45) is 0 Å². The predicted molar refractivity (Wildman–Crippen MR) is 84.1 cm³/mol. The summed E-state index contributed by atoms with van der Waals surface area (Å²) >= 11 is 9.45. The van der Waals surface area contributed by atoms with Gasteiger partial charge in [0.25, 0.3) is 0 Å². The molecular weight excluding hydrogens is 344 g/mol. The molecule has 1 aromatic rings. The number of anilines is 1. The molecule has 6 heteroatoms. The van der Waals surface area contributed by atoms with Crippen molar-refractivity contribution in [2.75, 3.05) is 18.1 Å². The van der Waals surface area contributed by atoms with Crippen LogP contribution in [-0.4, -0.2) is 29.8 Å². The highest BCUT2D eigenvalue weighted by molar-refractivity contribution is 9.10. The highest BCUT2D eigenvalue weighted by Gasteiger charge is 2.31. The fourth-order valence-corrected chi connectivity index (χ4v) is 2.94. The van der Waals surface area contributed by atoms with Gasteiger partial charge in [0.05, 0.1) is 5.69 Å². The first-order chi connectivity index (χ1) is 9.28. The summed E-state index contributed by atoms with van der Waals surface area (Å²) < 4.78 is 6.30. The average Bonchev–Trinajstić information content (AvgIpc) is 2.75. The fourth-order valence-electron chi connectivity index (χ4n) is 2.06. The molecule has 0 bridgehead atoms. The van der Waals surface area contributed by atoms with E-state index >= 15 is 0 Å². The molecule has 20 heavy (non-hydrogen) atoms. The summed E-state index contributed by atoms with van der Waals surface area (Å²) in [7, 11) is 0. The third-order valence-corrected chi connectivity index (χ3v) is 3.69. The van der Waals surface area contributed by atoms with Crippen LogP contribution in [0.1, 0.15) is 27.2 Å². The zero-order chi connectivity index (χ0) is 14.9. The fraction of sp³-hybridized carbons (Fsp3) is 0.500. The quantitative estimate of drug-likeness (QED) is 0.740. The van der Waals surface area contributed by atoms with E-state index in [1.165, 1.54) is 0 Å². The molecule has 1 aliphatic heterocycles. The van der Waals surface area contributed by atoms with Crippen molar-refractivity contribution in [3.05, 3.63) is 27.7 Å². The van der Waals surface area contributed by atoms with Gasteiger partial charge in [0, 0.05) is 22.6 Å². The number of halogens is 2. The number of benzene rings is 1. The number of ether oxygens (including phenoxy) is 1. The van der Waals surface area contributed by atoms with E-state index < -0.39 is 5.60 Å². The smallest absolute Gasteiger partial charge is 0.429 e. The molecule has 1 fully saturated rings. The Morgan fingerprint density at radius 2 is 2.05 bits per heavy atom. The van der Waals surface area contributed by atoms with Gasteiger partial charge in [-0.2, -0.15) is 0 Å². The molecule has 0 saturated carbocycles. The predicted octanol–water partition coefficient (Wildman–Crippen LogP) is 4.46. The first kappa shape index (κ1) is 15.4. The van der Waals surface area contributed by atoms with Crippen molar-refractivity contribution in [1.29, 1.82) is 0 Å². The van der Waals surface area contributed by atoms with Crippen molar-refractivity contribution in [3.8, 4) is 0 Å². The second-order valence-corrected chi connectivity index (χ2v) is 6.97. The number of hydrogen-bond donors (Lipinski definition) is 0. The van der Waals surface area contributed by atoms with E-state index in [-0.39, 0.29) is 6.09 Å². The zero-order valence-electron chi connectivity index (χ0n) is 11.8. The van der Waals surface area contributed by atoms with Gasteiger partial charge < -0.3 is 4.74 Å². The number of carbonyl (C=O) groups is 1. The summed E-state index contributed by atoms with van der Waals surface area (Å²) in [5, 5.41) is 4.22. The molecule has 4 nitrogen and oxygen atoms in total. The normalized spacial score (nSPS) is 15.7. The van der Waals surface area contributed by atoms with E-state index in [4.69, 9.17) is 16.3 Å². The summed E-state index contributed by atoms with van der Waals surface area (Å²) in [5.41, 5.74) is 0.417. The first-order valence-electron chi connectivity index (χ1n) is 6.51. The zero-order valence-corrected chi connectivity index (χ0v) is 14.2. The van der Waals surface area contributed by atoms with Crippen LogP contribution in [-0.2, 0) is 4.74 Å². The molecule has 1 aliphatic rings. The molecule has 1 heterocycles. The second kappa shape index (κ2) is 5.82. The van der Waals surface area contributed by atoms with Gasteiger partial charge in [-0.3, -0.25) is 5.01 Å². The van der Waals surface area contributed by atoms with Gasteiger partial charge in [-0.05, 0) is 61.3 Å². The lowest BCUT2D eigenvalue weighted by Crippen LogP contribution is -2.44. The maximum Gasteiger partial charge on any atom is 0.429 e. The van der Waals surface area contributed by atoms with E-state index in [9.17, 15) is 4.79 Å². The summed E-state index contributed by atoms with van der Waals surface area (Å²) in [6.07, 6.45) is 0.589. The van der Waals surface area contributed by atoms with Crippen molar-refractivity contribution in [2.45, 2.75) is 32.8 Å². The lowest BCUT2D eigenvalue weighted by molar-refractivity contribution is 0.0274. The maximum atomic E-state index is 12.2. The molecule has 0 N–H and O–H groups in total. The Morgan fingerprint density at radius 1 is 1.35 bits per heavy atom. The molecule has 1 saturated heterocycles. The Kier molecular flexibility index (Phi) is 4.49. The lowest BCUT2D eigenvalue weighted by Gasteiger charge is -2.32. The highest BCUT2D eigenvalue weighted by atomic mass is 79.9. The lowest BCUT2D eigenvalue weighted by atomic mass is 10.2. The monoisotopic (exact) mass is 360 g/mol. The summed E-state index contributed by atoms with van der Waals surface area (Å²) in [5.74, 6) is 0. The van der Waals surface area contributed by atoms with Crippen molar-refractivity contribution in [3.63, 3.8) is 0 Å². The van der Waals surface area contributed by atoms with Crippen LogP contribution < -0.4 is 5.01 Å². The SMILES string of the molecule is CC(C)(C)OC(=O)N1CCCN1c1ccc(Cl)cc1Br. The Bertz CT molecular complexity index is 516. The van der Waals surface area contributed by atoms with E-state index in [0.29, 0.717) is 11.6 Å². The van der Waals surface area contributed by atoms with Crippen LogP contribution in [0.25, 0.3) is 0 Å². The largest absolute Gasteiger partial charge is 0.442 e. The van der Waals surface area contributed by atoms with Crippen LogP contribution in [0.15, 0.2) is 22.7 Å². The molecule has 1 aromatic carbocycles. The Morgan fingerprint density at radius 3 is 2.65 bits per heavy atom. The molecule has 2 rings (SSSR count). The van der Waals surface area contributed by atoms with Gasteiger partial charge in [-0.1, -0.05) is 11.6 Å². The number of nitrogens with zero attached hydrogens (tertiary/aromatic N) is 2. The van der Waals surface area contributed by atoms with Crippen LogP contribution in [0, 0.1) is 0 Å². The van der Waals surface area contributed by atoms with Crippen LogP contribution in [0.2, 0.25) is 5.02 Å². The van der Waals surface area contributed by atoms with Crippen LogP contribution in [0.4, 0.5) is 10.5 Å². The van der Waals surface area contributed by atoms with E-state index in [2.05, 4.69) is 15.9 Å². The Balaban J connectivity index is 2.21. The van der Waals surface area contributed by atoms with Crippen LogP contribution in [0.5, 0.6) is 0 Å². The maximum absolute atomic E-state index is 12.2.